The molecule has 0 spiro atoms. The second-order valence-corrected chi connectivity index (χ2v) is 19.8. The van der Waals surface area contributed by atoms with Gasteiger partial charge in [0.15, 0.2) is 0 Å². The summed E-state index contributed by atoms with van der Waals surface area (Å²) >= 11 is 5.02. The average Bonchev–Trinajstić information content (AvgIpc) is 3.94. The molecule has 340 valence electrons. The number of likely N-dealkylation sites (N-methyl/N-ethyl adjacent to an activating group) is 1. The van der Waals surface area contributed by atoms with Crippen LogP contribution in [0.1, 0.15) is 55.2 Å². The number of amides is 1. The zero-order valence-corrected chi connectivity index (χ0v) is 40.0. The van der Waals surface area contributed by atoms with Crippen molar-refractivity contribution in [1.29, 1.82) is 0 Å². The van der Waals surface area contributed by atoms with E-state index in [0.29, 0.717) is 44.9 Å². The summed E-state index contributed by atoms with van der Waals surface area (Å²) in [7, 11) is 0. The summed E-state index contributed by atoms with van der Waals surface area (Å²) in [5.41, 5.74) is 11.1. The van der Waals surface area contributed by atoms with E-state index < -0.39 is 12.2 Å². The lowest BCUT2D eigenvalue weighted by atomic mass is 9.96. The molecule has 1 aliphatic heterocycles. The Bertz CT molecular complexity index is 2440. The van der Waals surface area contributed by atoms with E-state index >= 15 is 0 Å². The van der Waals surface area contributed by atoms with Gasteiger partial charge >= 0.3 is 0 Å². The minimum atomic E-state index is -0.873. The predicted octanol–water partition coefficient (Wildman–Crippen LogP) is 9.75. The molecule has 3 aromatic carbocycles. The van der Waals surface area contributed by atoms with Gasteiger partial charge in [-0.3, -0.25) is 9.69 Å². The first kappa shape index (κ1) is 47.8. The summed E-state index contributed by atoms with van der Waals surface area (Å²) in [4.78, 5) is 23.5. The van der Waals surface area contributed by atoms with Gasteiger partial charge in [0.2, 0.25) is 0 Å². The Labute approximate surface area is 397 Å². The molecule has 2 heterocycles. The van der Waals surface area contributed by atoms with Crippen molar-refractivity contribution >= 4 is 52.5 Å². The number of hydrogen-bond donors (Lipinski definition) is 5. The van der Waals surface area contributed by atoms with E-state index in [2.05, 4.69) is 101 Å². The largest absolute Gasteiger partial charge is 0.508 e. The third-order valence-corrected chi connectivity index (χ3v) is 14.9. The monoisotopic (exact) mass is 927 g/mol. The zero-order chi connectivity index (χ0) is 45.5. The Hall–Kier alpha value is -5.17. The minimum Gasteiger partial charge on any atom is -0.508 e. The lowest BCUT2D eigenvalue weighted by molar-refractivity contribution is -0.113. The van der Waals surface area contributed by atoms with Crippen molar-refractivity contribution in [3.05, 3.63) is 192 Å². The highest BCUT2D eigenvalue weighted by Crippen LogP contribution is 2.37. The van der Waals surface area contributed by atoms with Crippen LogP contribution < -0.4 is 15.5 Å². The standard InChI is InChI=1S/C53H61N5O4S3/c1-4-56(34-47-24-16-28-63-47)37-55-49-35-58(43-22-10-7-11-23-43)53(62)52(49)65-38(3)29-40-19-12-13-20-41(40)30-42-21-14-15-25-48(51(50(42)61)64-36-39-17-8-6-9-18-39)54-26-27-57(5-2)44-31-45(59)33-46(60)32-44/h6-14,16-20,22-25,28,30-31,33,38,46,50,54-55,59-61H,4-5,21,26-27,29,32,34-37H2,1-3H3/b42-30-,51-48-. The molecule has 0 fully saturated rings. The fourth-order valence-electron chi connectivity index (χ4n) is 8.13. The van der Waals surface area contributed by atoms with Crippen molar-refractivity contribution in [3.8, 4) is 0 Å². The number of aliphatic hydroxyl groups excluding tert-OH is 3. The van der Waals surface area contributed by atoms with Crippen LogP contribution in [0.3, 0.4) is 0 Å². The average molecular weight is 928 g/mol. The third-order valence-electron chi connectivity index (χ3n) is 11.6. The van der Waals surface area contributed by atoms with E-state index in [-0.39, 0.29) is 16.9 Å². The molecule has 0 saturated carbocycles. The first-order valence-corrected chi connectivity index (χ1v) is 25.2. The number of para-hydroxylation sites is 1. The summed E-state index contributed by atoms with van der Waals surface area (Å²) < 4.78 is 0. The van der Waals surface area contributed by atoms with Gasteiger partial charge in [-0.15, -0.1) is 40.6 Å². The maximum absolute atomic E-state index is 14.2. The molecular weight excluding hydrogens is 867 g/mol. The molecule has 1 aromatic heterocycles. The van der Waals surface area contributed by atoms with Crippen LogP contribution in [0.15, 0.2) is 171 Å². The van der Waals surface area contributed by atoms with Gasteiger partial charge in [-0.05, 0) is 90.4 Å². The molecule has 9 nitrogen and oxygen atoms in total. The topological polar surface area (TPSA) is 112 Å². The van der Waals surface area contributed by atoms with Crippen LogP contribution in [0.2, 0.25) is 0 Å². The smallest absolute Gasteiger partial charge is 0.266 e. The molecule has 7 rings (SSSR count). The van der Waals surface area contributed by atoms with Gasteiger partial charge in [0.1, 0.15) is 11.9 Å². The second-order valence-electron chi connectivity index (χ2n) is 16.3. The van der Waals surface area contributed by atoms with Crippen LogP contribution in [-0.4, -0.2) is 87.9 Å². The molecule has 65 heavy (non-hydrogen) atoms. The molecule has 12 heteroatoms. The number of thioether (sulfide) groups is 2. The number of allylic oxidation sites excluding steroid dienone is 2. The maximum Gasteiger partial charge on any atom is 0.266 e. The summed E-state index contributed by atoms with van der Waals surface area (Å²) in [6.45, 7) is 11.2. The Morgan fingerprint density at radius 1 is 0.969 bits per heavy atom. The highest BCUT2D eigenvalue weighted by Gasteiger charge is 2.33. The molecule has 0 saturated heterocycles. The van der Waals surface area contributed by atoms with Gasteiger partial charge in [-0.1, -0.05) is 98.8 Å². The lowest BCUT2D eigenvalue weighted by Crippen LogP contribution is -2.35. The summed E-state index contributed by atoms with van der Waals surface area (Å²) in [5.74, 6) is 0.783. The normalized spacial score (nSPS) is 19.9. The first-order chi connectivity index (χ1) is 31.7. The summed E-state index contributed by atoms with van der Waals surface area (Å²) in [5, 5.41) is 42.3. The van der Waals surface area contributed by atoms with Gasteiger partial charge in [0.25, 0.3) is 5.91 Å². The lowest BCUT2D eigenvalue weighted by Gasteiger charge is -2.29. The number of nitrogens with zero attached hydrogens (tertiary/aromatic N) is 3. The van der Waals surface area contributed by atoms with Crippen LogP contribution >= 0.6 is 34.9 Å². The molecule has 2 aliphatic carbocycles. The van der Waals surface area contributed by atoms with E-state index in [9.17, 15) is 20.1 Å². The predicted molar refractivity (Wildman–Crippen MR) is 272 cm³/mol. The molecule has 3 atom stereocenters. The van der Waals surface area contributed by atoms with Crippen molar-refractivity contribution in [2.24, 2.45) is 0 Å². The van der Waals surface area contributed by atoms with Crippen LogP contribution in [0.25, 0.3) is 6.08 Å². The van der Waals surface area contributed by atoms with Gasteiger partial charge in [0, 0.05) is 70.8 Å². The second kappa shape index (κ2) is 23.8. The van der Waals surface area contributed by atoms with Crippen LogP contribution in [-0.2, 0) is 23.5 Å². The Morgan fingerprint density at radius 2 is 1.74 bits per heavy atom. The van der Waals surface area contributed by atoms with Crippen LogP contribution in [0.5, 0.6) is 0 Å². The number of thiophene rings is 1. The number of benzene rings is 3. The molecule has 5 N–H and O–H groups in total. The van der Waals surface area contributed by atoms with E-state index in [0.717, 1.165) is 80.9 Å². The van der Waals surface area contributed by atoms with E-state index in [1.807, 2.05) is 71.6 Å². The number of nitrogens with one attached hydrogen (secondary N) is 2. The van der Waals surface area contributed by atoms with E-state index in [4.69, 9.17) is 0 Å². The van der Waals surface area contributed by atoms with Gasteiger partial charge < -0.3 is 35.8 Å². The number of hydrogen-bond acceptors (Lipinski definition) is 11. The van der Waals surface area contributed by atoms with Gasteiger partial charge in [-0.2, -0.15) is 0 Å². The molecule has 3 unspecified atom stereocenters. The SMILES string of the molecule is CCN(CNC1=C(SC(C)Cc2ccccc2/C=C2/CC=C=C/C(NCCN(CC)C3=CC(O)=CC(O)C3)=C(/SCc3ccccc3)C2O)C(=O)N(c2ccccc2)C1)Cc1cccs1. The number of rotatable bonds is 21. The number of aliphatic hydroxyl groups is 3. The fraction of sp³-hybridized carbons (Fsp3) is 0.321. The quantitative estimate of drug-likeness (QED) is 0.0410. The molecular formula is C53H61N5O4S3. The maximum atomic E-state index is 14.2. The highest BCUT2D eigenvalue weighted by atomic mass is 32.2. The first-order valence-electron chi connectivity index (χ1n) is 22.5. The third kappa shape index (κ3) is 13.2. The fourth-order valence-corrected chi connectivity index (χ4v) is 11.1. The zero-order valence-electron chi connectivity index (χ0n) is 37.5. The van der Waals surface area contributed by atoms with Crippen molar-refractivity contribution in [1.82, 2.24) is 20.4 Å². The van der Waals surface area contributed by atoms with Gasteiger partial charge in [-0.25, -0.2) is 0 Å². The molecule has 4 aromatic rings. The van der Waals surface area contributed by atoms with Crippen molar-refractivity contribution in [2.75, 3.05) is 44.3 Å². The van der Waals surface area contributed by atoms with Crippen molar-refractivity contribution in [3.63, 3.8) is 0 Å². The van der Waals surface area contributed by atoms with E-state index in [1.54, 1.807) is 40.9 Å². The Kier molecular flexibility index (Phi) is 17.5. The summed E-state index contributed by atoms with van der Waals surface area (Å²) in [6.07, 6.45) is 9.34. The highest BCUT2D eigenvalue weighted by molar-refractivity contribution is 8.04. The number of anilines is 1. The molecule has 3 aliphatic rings. The van der Waals surface area contributed by atoms with Crippen LogP contribution in [0.4, 0.5) is 5.69 Å². The molecule has 1 amide bonds. The van der Waals surface area contributed by atoms with Gasteiger partial charge in [0.05, 0.1) is 35.6 Å². The van der Waals surface area contributed by atoms with Crippen molar-refractivity contribution < 1.29 is 20.1 Å². The Balaban J connectivity index is 1.10. The number of carbonyl (C=O) groups excluding carboxylic acids is 1. The number of carbonyl (C=O) groups is 1. The summed E-state index contributed by atoms with van der Waals surface area (Å²) in [6, 6.07) is 32.8. The molecule has 0 bridgehead atoms. The molecule has 0 radical (unpaired) electrons. The van der Waals surface area contributed by atoms with E-state index in [1.165, 1.54) is 11.0 Å². The Morgan fingerprint density at radius 3 is 2.48 bits per heavy atom. The van der Waals surface area contributed by atoms with Crippen LogP contribution in [0, 0.1) is 0 Å². The van der Waals surface area contributed by atoms with Crippen molar-refractivity contribution in [2.45, 2.75) is 69.8 Å². The minimum absolute atomic E-state index is 0.0187.